The molecule has 0 atom stereocenters. The van der Waals surface area contributed by atoms with Crippen molar-refractivity contribution >= 4 is 28.4 Å². The molecule has 3 rings (SSSR count). The Morgan fingerprint density at radius 3 is 2.29 bits per heavy atom. The summed E-state index contributed by atoms with van der Waals surface area (Å²) < 4.78 is 10.2. The molecular formula is C22H18N2O4. The molecule has 140 valence electrons. The van der Waals surface area contributed by atoms with E-state index in [1.807, 2.05) is 42.5 Å². The Balaban J connectivity index is 1.89. The summed E-state index contributed by atoms with van der Waals surface area (Å²) in [6.07, 6.45) is 1.40. The third-order valence-corrected chi connectivity index (χ3v) is 4.19. The highest BCUT2D eigenvalue weighted by molar-refractivity contribution is 6.10. The van der Waals surface area contributed by atoms with Crippen molar-refractivity contribution in [2.45, 2.75) is 0 Å². The molecular weight excluding hydrogens is 356 g/mol. The molecule has 0 heterocycles. The summed E-state index contributed by atoms with van der Waals surface area (Å²) in [6, 6.07) is 18.2. The number of phenolic OH excluding ortho intramolecular Hbond substituents is 1. The van der Waals surface area contributed by atoms with Crippen LogP contribution in [0.25, 0.3) is 16.8 Å². The van der Waals surface area contributed by atoms with E-state index in [-0.39, 0.29) is 22.8 Å². The fourth-order valence-electron chi connectivity index (χ4n) is 2.78. The van der Waals surface area contributed by atoms with Crippen LogP contribution >= 0.6 is 0 Å². The van der Waals surface area contributed by atoms with Crippen LogP contribution < -0.4 is 14.8 Å². The quantitative estimate of drug-likeness (QED) is 0.518. The summed E-state index contributed by atoms with van der Waals surface area (Å²) in [5, 5.41) is 24.2. The Kier molecular flexibility index (Phi) is 5.47. The maximum absolute atomic E-state index is 12.5. The number of hydrogen-bond acceptors (Lipinski definition) is 5. The number of hydrogen-bond donors (Lipinski definition) is 2. The first-order valence-electron chi connectivity index (χ1n) is 8.42. The van der Waals surface area contributed by atoms with E-state index in [1.165, 1.54) is 32.4 Å². The zero-order valence-corrected chi connectivity index (χ0v) is 15.4. The molecule has 0 spiro atoms. The first-order valence-corrected chi connectivity index (χ1v) is 8.42. The molecule has 0 fully saturated rings. The van der Waals surface area contributed by atoms with Crippen LogP contribution in [0.3, 0.4) is 0 Å². The van der Waals surface area contributed by atoms with Crippen molar-refractivity contribution in [3.8, 4) is 23.3 Å². The molecule has 0 aliphatic carbocycles. The number of anilines is 1. The predicted octanol–water partition coefficient (Wildman–Crippen LogP) is 4.11. The Bertz CT molecular complexity index is 1090. The van der Waals surface area contributed by atoms with E-state index in [1.54, 1.807) is 6.07 Å². The minimum Gasteiger partial charge on any atom is -0.502 e. The summed E-state index contributed by atoms with van der Waals surface area (Å²) in [5.74, 6) is -0.333. The van der Waals surface area contributed by atoms with E-state index in [0.29, 0.717) is 11.3 Å². The molecule has 0 aliphatic heterocycles. The summed E-state index contributed by atoms with van der Waals surface area (Å²) in [6.45, 7) is 0. The minimum absolute atomic E-state index is 0.0945. The van der Waals surface area contributed by atoms with Crippen LogP contribution in [-0.2, 0) is 4.79 Å². The van der Waals surface area contributed by atoms with Gasteiger partial charge in [-0.25, -0.2) is 0 Å². The number of carbonyl (C=O) groups excluding carboxylic acids is 1. The van der Waals surface area contributed by atoms with Gasteiger partial charge in [-0.1, -0.05) is 30.3 Å². The van der Waals surface area contributed by atoms with Crippen LogP contribution in [0, 0.1) is 11.3 Å². The SMILES string of the molecule is COc1cc(C=C(C#N)C(=O)Nc2ccc3ccccc3c2)cc(OC)c1O. The number of phenols is 1. The molecule has 6 heteroatoms. The Hall–Kier alpha value is -3.98. The second kappa shape index (κ2) is 8.14. The Morgan fingerprint density at radius 2 is 1.68 bits per heavy atom. The molecule has 6 nitrogen and oxygen atoms in total. The monoisotopic (exact) mass is 374 g/mol. The molecule has 0 bridgehead atoms. The fourth-order valence-corrected chi connectivity index (χ4v) is 2.78. The standard InChI is InChI=1S/C22H18N2O4/c1-27-19-10-14(11-20(28-2)21(19)25)9-17(13-23)22(26)24-18-8-7-15-5-3-4-6-16(15)12-18/h3-12,25H,1-2H3,(H,24,26). The number of amides is 1. The van der Waals surface area contributed by atoms with E-state index in [4.69, 9.17) is 9.47 Å². The van der Waals surface area contributed by atoms with Crippen molar-refractivity contribution < 1.29 is 19.4 Å². The van der Waals surface area contributed by atoms with Crippen LogP contribution in [0.4, 0.5) is 5.69 Å². The van der Waals surface area contributed by atoms with Crippen LogP contribution in [-0.4, -0.2) is 25.2 Å². The second-order valence-corrected chi connectivity index (χ2v) is 5.96. The smallest absolute Gasteiger partial charge is 0.266 e. The van der Waals surface area contributed by atoms with Gasteiger partial charge in [0, 0.05) is 5.69 Å². The lowest BCUT2D eigenvalue weighted by atomic mass is 10.1. The molecule has 0 aliphatic rings. The second-order valence-electron chi connectivity index (χ2n) is 5.96. The number of aromatic hydroxyl groups is 1. The topological polar surface area (TPSA) is 91.6 Å². The van der Waals surface area contributed by atoms with Gasteiger partial charge in [-0.15, -0.1) is 0 Å². The number of nitrogens with one attached hydrogen (secondary N) is 1. The molecule has 3 aromatic rings. The predicted molar refractivity (Wildman–Crippen MR) is 107 cm³/mol. The highest BCUT2D eigenvalue weighted by Crippen LogP contribution is 2.37. The number of rotatable bonds is 5. The van der Waals surface area contributed by atoms with Crippen molar-refractivity contribution in [1.82, 2.24) is 0 Å². The van der Waals surface area contributed by atoms with Gasteiger partial charge in [0.15, 0.2) is 11.5 Å². The van der Waals surface area contributed by atoms with Gasteiger partial charge in [0.1, 0.15) is 11.6 Å². The molecule has 0 saturated carbocycles. The van der Waals surface area contributed by atoms with E-state index in [9.17, 15) is 15.2 Å². The van der Waals surface area contributed by atoms with E-state index in [2.05, 4.69) is 5.32 Å². The van der Waals surface area contributed by atoms with Gasteiger partial charge in [0.05, 0.1) is 14.2 Å². The van der Waals surface area contributed by atoms with Crippen LogP contribution in [0.1, 0.15) is 5.56 Å². The van der Waals surface area contributed by atoms with Crippen molar-refractivity contribution in [3.05, 3.63) is 65.7 Å². The van der Waals surface area contributed by atoms with Crippen LogP contribution in [0.15, 0.2) is 60.2 Å². The van der Waals surface area contributed by atoms with Gasteiger partial charge in [0.2, 0.25) is 5.75 Å². The molecule has 0 aromatic heterocycles. The highest BCUT2D eigenvalue weighted by atomic mass is 16.5. The molecule has 2 N–H and O–H groups in total. The number of methoxy groups -OCH3 is 2. The zero-order chi connectivity index (χ0) is 20.1. The van der Waals surface area contributed by atoms with E-state index < -0.39 is 5.91 Å². The first-order chi connectivity index (χ1) is 13.5. The summed E-state index contributed by atoms with van der Waals surface area (Å²) in [4.78, 5) is 12.5. The van der Waals surface area contributed by atoms with E-state index in [0.717, 1.165) is 10.8 Å². The highest BCUT2D eigenvalue weighted by Gasteiger charge is 2.14. The number of benzene rings is 3. The number of fused-ring (bicyclic) bond motifs is 1. The van der Waals surface area contributed by atoms with Crippen molar-refractivity contribution in [2.24, 2.45) is 0 Å². The molecule has 3 aromatic carbocycles. The minimum atomic E-state index is -0.538. The van der Waals surface area contributed by atoms with Crippen molar-refractivity contribution in [2.75, 3.05) is 19.5 Å². The van der Waals surface area contributed by atoms with Gasteiger partial charge in [-0.3, -0.25) is 4.79 Å². The average molecular weight is 374 g/mol. The molecule has 0 unspecified atom stereocenters. The lowest BCUT2D eigenvalue weighted by Gasteiger charge is -2.10. The fraction of sp³-hybridized carbons (Fsp3) is 0.0909. The maximum Gasteiger partial charge on any atom is 0.266 e. The number of ether oxygens (including phenoxy) is 2. The van der Waals surface area contributed by atoms with Crippen LogP contribution in [0.5, 0.6) is 17.2 Å². The van der Waals surface area contributed by atoms with E-state index >= 15 is 0 Å². The molecule has 1 amide bonds. The van der Waals surface area contributed by atoms with Gasteiger partial charge < -0.3 is 19.9 Å². The third kappa shape index (κ3) is 3.89. The number of carbonyl (C=O) groups is 1. The normalized spacial score (nSPS) is 11.0. The number of nitrogens with zero attached hydrogens (tertiary/aromatic N) is 1. The Labute approximate surface area is 162 Å². The molecule has 0 saturated heterocycles. The van der Waals surface area contributed by atoms with Crippen molar-refractivity contribution in [3.63, 3.8) is 0 Å². The third-order valence-electron chi connectivity index (χ3n) is 4.19. The van der Waals surface area contributed by atoms with Gasteiger partial charge in [-0.2, -0.15) is 5.26 Å². The Morgan fingerprint density at radius 1 is 1.04 bits per heavy atom. The average Bonchev–Trinajstić information content (AvgIpc) is 2.72. The largest absolute Gasteiger partial charge is 0.502 e. The molecule has 28 heavy (non-hydrogen) atoms. The van der Waals surface area contributed by atoms with Crippen molar-refractivity contribution in [1.29, 1.82) is 5.26 Å². The first kappa shape index (κ1) is 18.8. The zero-order valence-electron chi connectivity index (χ0n) is 15.4. The van der Waals surface area contributed by atoms with Gasteiger partial charge in [0.25, 0.3) is 5.91 Å². The van der Waals surface area contributed by atoms with Gasteiger partial charge in [-0.05, 0) is 46.7 Å². The summed E-state index contributed by atoms with van der Waals surface area (Å²) >= 11 is 0. The lowest BCUT2D eigenvalue weighted by molar-refractivity contribution is -0.112. The summed E-state index contributed by atoms with van der Waals surface area (Å²) in [7, 11) is 2.80. The summed E-state index contributed by atoms with van der Waals surface area (Å²) in [5.41, 5.74) is 0.977. The van der Waals surface area contributed by atoms with Gasteiger partial charge >= 0.3 is 0 Å². The number of nitriles is 1. The molecule has 0 radical (unpaired) electrons. The van der Waals surface area contributed by atoms with Crippen LogP contribution in [0.2, 0.25) is 0 Å². The maximum atomic E-state index is 12.5. The lowest BCUT2D eigenvalue weighted by Crippen LogP contribution is -2.13.